The zero-order valence-electron chi connectivity index (χ0n) is 7.60. The number of methoxy groups -OCH3 is 1. The normalized spacial score (nSPS) is 7.07. The van der Waals surface area contributed by atoms with Crippen molar-refractivity contribution in [2.45, 2.75) is 0 Å². The molecule has 1 aromatic carbocycles. The van der Waals surface area contributed by atoms with E-state index in [1.807, 2.05) is 12.1 Å². The second-order valence-electron chi connectivity index (χ2n) is 2.14. The van der Waals surface area contributed by atoms with Crippen LogP contribution in [0.5, 0.6) is 0 Å². The Balaban J connectivity index is 0.000000364. The molecule has 0 aliphatic carbocycles. The zero-order valence-corrected chi connectivity index (χ0v) is 7.60. The molecule has 0 saturated carbocycles. The maximum atomic E-state index is 8.95. The van der Waals surface area contributed by atoms with Crippen LogP contribution in [-0.4, -0.2) is 13.6 Å². The van der Waals surface area contributed by atoms with Crippen LogP contribution in [0.15, 0.2) is 24.3 Å². The van der Waals surface area contributed by atoms with E-state index in [0.29, 0.717) is 17.6 Å². The van der Waals surface area contributed by atoms with Gasteiger partial charge in [-0.2, -0.15) is 10.5 Å². The molecule has 0 aliphatic heterocycles. The molecule has 0 unspecified atom stereocenters. The summed E-state index contributed by atoms with van der Waals surface area (Å²) >= 11 is 0. The van der Waals surface area contributed by atoms with E-state index in [0.717, 1.165) is 0 Å². The van der Waals surface area contributed by atoms with Crippen LogP contribution in [0, 0.1) is 22.7 Å². The van der Waals surface area contributed by atoms with E-state index in [4.69, 9.17) is 15.3 Å². The molecule has 0 amide bonds. The lowest BCUT2D eigenvalue weighted by molar-refractivity contribution is -0.126. The molecule has 4 heteroatoms. The van der Waals surface area contributed by atoms with Crippen LogP contribution >= 0.6 is 0 Å². The van der Waals surface area contributed by atoms with Crippen LogP contribution in [0.25, 0.3) is 0 Å². The van der Waals surface area contributed by atoms with E-state index >= 15 is 0 Å². The maximum absolute atomic E-state index is 8.95. The maximum Gasteiger partial charge on any atom is 0.292 e. The molecule has 0 N–H and O–H groups in total. The van der Waals surface area contributed by atoms with Gasteiger partial charge in [-0.05, 0) is 18.2 Å². The molecule has 1 rings (SSSR count). The Morgan fingerprint density at radius 3 is 2.00 bits per heavy atom. The highest BCUT2D eigenvalue weighted by molar-refractivity contribution is 5.38. The summed E-state index contributed by atoms with van der Waals surface area (Å²) in [6, 6.07) is 10.5. The first-order valence-corrected chi connectivity index (χ1v) is 3.65. The molecule has 0 heterocycles. The van der Waals surface area contributed by atoms with E-state index in [-0.39, 0.29) is 0 Å². The van der Waals surface area contributed by atoms with Gasteiger partial charge >= 0.3 is 0 Å². The van der Waals surface area contributed by atoms with Crippen LogP contribution in [-0.2, 0) is 9.53 Å². The molecule has 0 fully saturated rings. The highest BCUT2D eigenvalue weighted by Gasteiger charge is 1.90. The molecule has 0 aromatic heterocycles. The summed E-state index contributed by atoms with van der Waals surface area (Å²) in [5.74, 6) is 0. The molecule has 0 atom stereocenters. The molecule has 70 valence electrons. The average molecular weight is 188 g/mol. The number of rotatable bonds is 1. The summed E-state index contributed by atoms with van der Waals surface area (Å²) in [6.07, 6.45) is 0. The first-order valence-electron chi connectivity index (χ1n) is 3.65. The minimum absolute atomic E-state index is 0.375. The van der Waals surface area contributed by atoms with Crippen LogP contribution in [0.2, 0.25) is 0 Å². The van der Waals surface area contributed by atoms with Crippen molar-refractivity contribution >= 4 is 6.47 Å². The van der Waals surface area contributed by atoms with Gasteiger partial charge in [0, 0.05) is 0 Å². The fourth-order valence-corrected chi connectivity index (χ4v) is 0.658. The second kappa shape index (κ2) is 7.33. The third-order valence-corrected chi connectivity index (χ3v) is 1.22. The number of hydrogen-bond donors (Lipinski definition) is 0. The van der Waals surface area contributed by atoms with Gasteiger partial charge in [-0.15, -0.1) is 0 Å². The molecule has 0 saturated heterocycles. The van der Waals surface area contributed by atoms with Gasteiger partial charge in [0.2, 0.25) is 0 Å². The summed E-state index contributed by atoms with van der Waals surface area (Å²) in [5, 5.41) is 16.8. The molecule has 0 aliphatic rings. The minimum Gasteiger partial charge on any atom is -0.471 e. The predicted molar refractivity (Wildman–Crippen MR) is 48.9 cm³/mol. The molecule has 14 heavy (non-hydrogen) atoms. The lowest BCUT2D eigenvalue weighted by atomic mass is 10.2. The summed E-state index contributed by atoms with van der Waals surface area (Å²) in [5.41, 5.74) is 1.05. The van der Waals surface area contributed by atoms with Gasteiger partial charge < -0.3 is 4.74 Å². The highest BCUT2D eigenvalue weighted by atomic mass is 16.5. The van der Waals surface area contributed by atoms with Crippen molar-refractivity contribution in [3.63, 3.8) is 0 Å². The van der Waals surface area contributed by atoms with E-state index < -0.39 is 0 Å². The van der Waals surface area contributed by atoms with Gasteiger partial charge in [-0.1, -0.05) is 6.07 Å². The van der Waals surface area contributed by atoms with Crippen molar-refractivity contribution in [3.05, 3.63) is 35.4 Å². The molecule has 0 bridgehead atoms. The van der Waals surface area contributed by atoms with Crippen LogP contribution in [0.1, 0.15) is 11.1 Å². The van der Waals surface area contributed by atoms with Crippen molar-refractivity contribution in [1.82, 2.24) is 0 Å². The Labute approximate surface area is 82.0 Å². The number of nitrogens with zero attached hydrogens (tertiary/aromatic N) is 2. The zero-order chi connectivity index (χ0) is 10.8. The molecule has 0 radical (unpaired) electrons. The summed E-state index contributed by atoms with van der Waals surface area (Å²) < 4.78 is 3.86. The monoisotopic (exact) mass is 188 g/mol. The van der Waals surface area contributed by atoms with E-state index in [2.05, 4.69) is 4.74 Å². The fourth-order valence-electron chi connectivity index (χ4n) is 0.658. The first kappa shape index (κ1) is 11.7. The number of ether oxygens (including phenoxy) is 1. The SMILES string of the molecule is COC=O.N#Cc1cccc(C#N)c1. The number of benzene rings is 1. The molecule has 4 nitrogen and oxygen atoms in total. The Morgan fingerprint density at radius 2 is 1.71 bits per heavy atom. The summed E-state index contributed by atoms with van der Waals surface area (Å²) in [4.78, 5) is 8.95. The van der Waals surface area contributed by atoms with Gasteiger partial charge in [0.05, 0.1) is 30.4 Å². The average Bonchev–Trinajstić information content (AvgIpc) is 2.29. The predicted octanol–water partition coefficient (Wildman–Crippen LogP) is 1.22. The van der Waals surface area contributed by atoms with Crippen LogP contribution in [0.4, 0.5) is 0 Å². The Morgan fingerprint density at radius 1 is 1.29 bits per heavy atom. The lowest BCUT2D eigenvalue weighted by Crippen LogP contribution is -1.75. The van der Waals surface area contributed by atoms with E-state index in [9.17, 15) is 0 Å². The first-order chi connectivity index (χ1) is 6.78. The van der Waals surface area contributed by atoms with Crippen molar-refractivity contribution < 1.29 is 9.53 Å². The third kappa shape index (κ3) is 4.53. The van der Waals surface area contributed by atoms with Gasteiger partial charge in [-0.3, -0.25) is 4.79 Å². The Bertz CT molecular complexity index is 345. The topological polar surface area (TPSA) is 73.9 Å². The Hall–Kier alpha value is -2.33. The fraction of sp³-hybridized carbons (Fsp3) is 0.100. The molecule has 0 spiro atoms. The highest BCUT2D eigenvalue weighted by Crippen LogP contribution is 2.01. The molecular formula is C10H8N2O2. The number of hydrogen-bond acceptors (Lipinski definition) is 4. The standard InChI is InChI=1S/C8H4N2.C2H4O2/c9-5-7-2-1-3-8(4-7)6-10;1-4-2-3/h1-4H;2H,1H3. The van der Waals surface area contributed by atoms with Crippen molar-refractivity contribution in [2.75, 3.05) is 7.11 Å². The second-order valence-corrected chi connectivity index (χ2v) is 2.14. The smallest absolute Gasteiger partial charge is 0.292 e. The van der Waals surface area contributed by atoms with Crippen LogP contribution in [0.3, 0.4) is 0 Å². The van der Waals surface area contributed by atoms with Gasteiger partial charge in [0.15, 0.2) is 0 Å². The number of nitriles is 2. The summed E-state index contributed by atoms with van der Waals surface area (Å²) in [6.45, 7) is 0.375. The van der Waals surface area contributed by atoms with Crippen molar-refractivity contribution in [3.8, 4) is 12.1 Å². The Kier molecular flexibility index (Phi) is 6.11. The van der Waals surface area contributed by atoms with E-state index in [1.54, 1.807) is 24.3 Å². The molecule has 1 aromatic rings. The summed E-state index contributed by atoms with van der Waals surface area (Å²) in [7, 11) is 1.31. The lowest BCUT2D eigenvalue weighted by Gasteiger charge is -1.86. The van der Waals surface area contributed by atoms with Crippen LogP contribution < -0.4 is 0 Å². The van der Waals surface area contributed by atoms with Gasteiger partial charge in [0.1, 0.15) is 0 Å². The van der Waals surface area contributed by atoms with E-state index in [1.165, 1.54) is 7.11 Å². The third-order valence-electron chi connectivity index (χ3n) is 1.22. The quantitative estimate of drug-likeness (QED) is 0.621. The van der Waals surface area contributed by atoms with Gasteiger partial charge in [0.25, 0.3) is 6.47 Å². The number of carbonyl (C=O) groups excluding carboxylic acids is 1. The van der Waals surface area contributed by atoms with Crippen molar-refractivity contribution in [1.29, 1.82) is 10.5 Å². The van der Waals surface area contributed by atoms with Crippen molar-refractivity contribution in [2.24, 2.45) is 0 Å². The number of carbonyl (C=O) groups is 1. The van der Waals surface area contributed by atoms with Gasteiger partial charge in [-0.25, -0.2) is 0 Å². The molecular weight excluding hydrogens is 180 g/mol. The minimum atomic E-state index is 0.375. The largest absolute Gasteiger partial charge is 0.471 e.